The molecule has 0 saturated heterocycles. The second-order valence-electron chi connectivity index (χ2n) is 6.38. The van der Waals surface area contributed by atoms with E-state index in [0.29, 0.717) is 18.7 Å². The van der Waals surface area contributed by atoms with E-state index >= 15 is 0 Å². The molecule has 4 aromatic rings. The molecule has 1 aromatic heterocycles. The molecule has 0 spiro atoms. The fourth-order valence-electron chi connectivity index (χ4n) is 3.06. The Morgan fingerprint density at radius 3 is 2.39 bits per heavy atom. The van der Waals surface area contributed by atoms with Crippen molar-refractivity contribution in [2.75, 3.05) is 13.2 Å². The lowest BCUT2D eigenvalue weighted by Crippen LogP contribution is -2.28. The Morgan fingerprint density at radius 2 is 1.57 bits per heavy atom. The molecule has 0 fully saturated rings. The molecule has 4 rings (SSSR count). The van der Waals surface area contributed by atoms with Crippen molar-refractivity contribution in [3.05, 3.63) is 96.7 Å². The summed E-state index contributed by atoms with van der Waals surface area (Å²) >= 11 is 0. The van der Waals surface area contributed by atoms with Crippen LogP contribution < -0.4 is 10.1 Å². The highest BCUT2D eigenvalue weighted by atomic mass is 16.5. The molecule has 4 heteroatoms. The summed E-state index contributed by atoms with van der Waals surface area (Å²) in [4.78, 5) is 16.7. The molecule has 0 bridgehead atoms. The van der Waals surface area contributed by atoms with Crippen LogP contribution in [-0.2, 0) is 0 Å². The number of aromatic nitrogens is 1. The maximum Gasteiger partial charge on any atom is 0.251 e. The molecule has 1 N–H and O–H groups in total. The third-order valence-corrected chi connectivity index (χ3v) is 4.50. The van der Waals surface area contributed by atoms with Crippen molar-refractivity contribution in [1.82, 2.24) is 10.3 Å². The Morgan fingerprint density at radius 1 is 0.821 bits per heavy atom. The molecule has 1 heterocycles. The molecule has 0 unspecified atom stereocenters. The van der Waals surface area contributed by atoms with E-state index in [1.807, 2.05) is 72.8 Å². The van der Waals surface area contributed by atoms with Crippen LogP contribution in [0.2, 0.25) is 0 Å². The monoisotopic (exact) mass is 368 g/mol. The van der Waals surface area contributed by atoms with Gasteiger partial charge in [-0.3, -0.25) is 9.78 Å². The number of fused-ring (bicyclic) bond motifs is 1. The maximum atomic E-state index is 12.3. The van der Waals surface area contributed by atoms with E-state index in [9.17, 15) is 4.79 Å². The van der Waals surface area contributed by atoms with E-state index in [1.165, 1.54) is 0 Å². The second kappa shape index (κ2) is 8.35. The van der Waals surface area contributed by atoms with Crippen molar-refractivity contribution in [2.24, 2.45) is 0 Å². The minimum absolute atomic E-state index is 0.112. The van der Waals surface area contributed by atoms with Crippen LogP contribution in [0.4, 0.5) is 0 Å². The van der Waals surface area contributed by atoms with Gasteiger partial charge < -0.3 is 10.1 Å². The average Bonchev–Trinajstić information content (AvgIpc) is 2.77. The van der Waals surface area contributed by atoms with Crippen LogP contribution in [0.15, 0.2) is 91.1 Å². The smallest absolute Gasteiger partial charge is 0.251 e. The van der Waals surface area contributed by atoms with Crippen molar-refractivity contribution >= 4 is 16.8 Å². The van der Waals surface area contributed by atoms with E-state index in [4.69, 9.17) is 4.74 Å². The maximum absolute atomic E-state index is 12.3. The molecule has 0 aliphatic rings. The number of nitrogens with one attached hydrogen (secondary N) is 1. The van der Waals surface area contributed by atoms with Gasteiger partial charge in [0.25, 0.3) is 5.91 Å². The predicted octanol–water partition coefficient (Wildman–Crippen LogP) is 4.71. The number of para-hydroxylation sites is 1. The summed E-state index contributed by atoms with van der Waals surface area (Å²) in [5.74, 6) is 0.610. The Bertz CT molecular complexity index is 1070. The Labute approximate surface area is 163 Å². The van der Waals surface area contributed by atoms with Gasteiger partial charge in [-0.15, -0.1) is 0 Å². The van der Waals surface area contributed by atoms with Crippen molar-refractivity contribution in [1.29, 1.82) is 0 Å². The number of pyridine rings is 1. The quantitative estimate of drug-likeness (QED) is 0.502. The largest absolute Gasteiger partial charge is 0.489 e. The van der Waals surface area contributed by atoms with Gasteiger partial charge in [0.1, 0.15) is 17.9 Å². The van der Waals surface area contributed by atoms with Gasteiger partial charge in [-0.05, 0) is 35.4 Å². The van der Waals surface area contributed by atoms with E-state index in [0.717, 1.165) is 27.8 Å². The number of nitrogens with zero attached hydrogens (tertiary/aromatic N) is 1. The molecule has 4 nitrogen and oxygen atoms in total. The van der Waals surface area contributed by atoms with Crippen LogP contribution in [0.3, 0.4) is 0 Å². The van der Waals surface area contributed by atoms with Crippen molar-refractivity contribution < 1.29 is 9.53 Å². The van der Waals surface area contributed by atoms with Gasteiger partial charge in [0, 0.05) is 17.1 Å². The normalized spacial score (nSPS) is 10.6. The molecule has 0 saturated carbocycles. The van der Waals surface area contributed by atoms with Crippen LogP contribution in [0.1, 0.15) is 10.4 Å². The van der Waals surface area contributed by atoms with Crippen molar-refractivity contribution in [2.45, 2.75) is 0 Å². The molecule has 3 aromatic carbocycles. The van der Waals surface area contributed by atoms with Gasteiger partial charge in [0.15, 0.2) is 0 Å². The number of benzene rings is 3. The van der Waals surface area contributed by atoms with Gasteiger partial charge >= 0.3 is 0 Å². The standard InChI is InChI=1S/C24H20N2O2/c27-24(21-13-11-19(12-14-21)18-6-2-1-3-7-18)26-16-17-28-22-10-4-8-20-9-5-15-25-23(20)22/h1-15H,16-17H2,(H,26,27). The first-order valence-corrected chi connectivity index (χ1v) is 9.21. The Kier molecular flexibility index (Phi) is 5.29. The molecule has 0 atom stereocenters. The second-order valence-corrected chi connectivity index (χ2v) is 6.38. The van der Waals surface area contributed by atoms with Gasteiger partial charge in [0.05, 0.1) is 6.54 Å². The fourth-order valence-corrected chi connectivity index (χ4v) is 3.06. The highest BCUT2D eigenvalue weighted by Crippen LogP contribution is 2.22. The van der Waals surface area contributed by atoms with Gasteiger partial charge in [-0.1, -0.05) is 60.7 Å². The summed E-state index contributed by atoms with van der Waals surface area (Å²) in [5.41, 5.74) is 3.68. The number of hydrogen-bond acceptors (Lipinski definition) is 3. The van der Waals surface area contributed by atoms with Gasteiger partial charge in [0.2, 0.25) is 0 Å². The summed E-state index contributed by atoms with van der Waals surface area (Å²) in [6, 6.07) is 27.4. The topological polar surface area (TPSA) is 51.2 Å². The van der Waals surface area contributed by atoms with Gasteiger partial charge in [-0.2, -0.15) is 0 Å². The Hall–Kier alpha value is -3.66. The molecular weight excluding hydrogens is 348 g/mol. The van der Waals surface area contributed by atoms with E-state index in [1.54, 1.807) is 6.20 Å². The lowest BCUT2D eigenvalue weighted by molar-refractivity contribution is 0.0947. The number of amides is 1. The number of rotatable bonds is 6. The van der Waals surface area contributed by atoms with Crippen LogP contribution in [0.5, 0.6) is 5.75 Å². The average molecular weight is 368 g/mol. The third kappa shape index (κ3) is 4.01. The molecular formula is C24H20N2O2. The molecule has 138 valence electrons. The van der Waals surface area contributed by atoms with E-state index in [2.05, 4.69) is 22.4 Å². The van der Waals surface area contributed by atoms with Crippen molar-refractivity contribution in [3.8, 4) is 16.9 Å². The van der Waals surface area contributed by atoms with E-state index in [-0.39, 0.29) is 5.91 Å². The highest BCUT2D eigenvalue weighted by molar-refractivity contribution is 5.94. The number of ether oxygens (including phenoxy) is 1. The number of carbonyl (C=O) groups is 1. The fraction of sp³-hybridized carbons (Fsp3) is 0.0833. The summed E-state index contributed by atoms with van der Waals surface area (Å²) in [6.07, 6.45) is 1.75. The van der Waals surface area contributed by atoms with Crippen LogP contribution >= 0.6 is 0 Å². The summed E-state index contributed by atoms with van der Waals surface area (Å²) < 4.78 is 5.81. The minimum atomic E-state index is -0.112. The highest BCUT2D eigenvalue weighted by Gasteiger charge is 2.06. The van der Waals surface area contributed by atoms with E-state index < -0.39 is 0 Å². The first kappa shape index (κ1) is 17.7. The van der Waals surface area contributed by atoms with Crippen LogP contribution in [-0.4, -0.2) is 24.0 Å². The van der Waals surface area contributed by atoms with Crippen molar-refractivity contribution in [3.63, 3.8) is 0 Å². The molecule has 28 heavy (non-hydrogen) atoms. The van der Waals surface area contributed by atoms with Crippen LogP contribution in [0, 0.1) is 0 Å². The molecule has 1 amide bonds. The lowest BCUT2D eigenvalue weighted by atomic mass is 10.0. The zero-order valence-corrected chi connectivity index (χ0v) is 15.3. The Balaban J connectivity index is 1.32. The number of hydrogen-bond donors (Lipinski definition) is 1. The zero-order valence-electron chi connectivity index (χ0n) is 15.3. The molecule has 0 radical (unpaired) electrons. The zero-order chi connectivity index (χ0) is 19.2. The van der Waals surface area contributed by atoms with Crippen LogP contribution in [0.25, 0.3) is 22.0 Å². The third-order valence-electron chi connectivity index (χ3n) is 4.50. The summed E-state index contributed by atoms with van der Waals surface area (Å²) in [6.45, 7) is 0.798. The minimum Gasteiger partial charge on any atom is -0.489 e. The first-order valence-electron chi connectivity index (χ1n) is 9.21. The molecule has 0 aliphatic carbocycles. The molecule has 0 aliphatic heterocycles. The summed E-state index contributed by atoms with van der Waals surface area (Å²) in [5, 5.41) is 3.92. The lowest BCUT2D eigenvalue weighted by Gasteiger charge is -2.10. The number of carbonyl (C=O) groups excluding carboxylic acids is 1. The SMILES string of the molecule is O=C(NCCOc1cccc2cccnc12)c1ccc(-c2ccccc2)cc1. The predicted molar refractivity (Wildman–Crippen MR) is 111 cm³/mol. The first-order chi connectivity index (χ1) is 13.8. The van der Waals surface area contributed by atoms with Gasteiger partial charge in [-0.25, -0.2) is 0 Å². The summed E-state index contributed by atoms with van der Waals surface area (Å²) in [7, 11) is 0.